The van der Waals surface area contributed by atoms with E-state index in [1.165, 1.54) is 11.3 Å². The Balaban J connectivity index is 1.55. The van der Waals surface area contributed by atoms with Crippen LogP contribution in [0.2, 0.25) is 0 Å². The first kappa shape index (κ1) is 20.0. The number of amides is 1. The zero-order valence-corrected chi connectivity index (χ0v) is 18.0. The number of thiazole rings is 1. The highest BCUT2D eigenvalue weighted by Gasteiger charge is 2.22. The van der Waals surface area contributed by atoms with Crippen LogP contribution < -0.4 is 5.32 Å². The Morgan fingerprint density at radius 1 is 1.10 bits per heavy atom. The smallest absolute Gasteiger partial charge is 0.231 e. The van der Waals surface area contributed by atoms with Crippen LogP contribution in [-0.4, -0.2) is 25.7 Å². The molecule has 152 valence electrons. The van der Waals surface area contributed by atoms with Gasteiger partial charge in [-0.1, -0.05) is 57.2 Å². The van der Waals surface area contributed by atoms with Crippen LogP contribution in [0.15, 0.2) is 66.2 Å². The molecule has 0 radical (unpaired) electrons. The maximum atomic E-state index is 12.8. The van der Waals surface area contributed by atoms with E-state index in [0.29, 0.717) is 11.6 Å². The number of aromatic nitrogens is 4. The van der Waals surface area contributed by atoms with E-state index >= 15 is 0 Å². The molecule has 1 aromatic carbocycles. The normalized spacial score (nSPS) is 11.4. The number of anilines is 1. The first-order valence-corrected chi connectivity index (χ1v) is 10.6. The fourth-order valence-electron chi connectivity index (χ4n) is 2.94. The SMILES string of the molecule is CC(C)(C)c1cc(NC(=O)Cc2csc(-c3ccccc3)n2)n(-c2ccccn2)n1. The lowest BCUT2D eigenvalue weighted by atomic mass is 9.92. The Bertz CT molecular complexity index is 1140. The summed E-state index contributed by atoms with van der Waals surface area (Å²) in [7, 11) is 0. The molecule has 3 heterocycles. The summed E-state index contributed by atoms with van der Waals surface area (Å²) in [4.78, 5) is 21.7. The molecule has 7 heteroatoms. The van der Waals surface area contributed by atoms with Gasteiger partial charge in [-0.2, -0.15) is 9.78 Å². The molecule has 1 amide bonds. The van der Waals surface area contributed by atoms with Gasteiger partial charge in [0.25, 0.3) is 0 Å². The third kappa shape index (κ3) is 4.46. The molecule has 0 aliphatic carbocycles. The fraction of sp³-hybridized carbons (Fsp3) is 0.217. The minimum atomic E-state index is -0.154. The Kier molecular flexibility index (Phi) is 5.46. The maximum absolute atomic E-state index is 12.8. The highest BCUT2D eigenvalue weighted by Crippen LogP contribution is 2.26. The Labute approximate surface area is 179 Å². The molecule has 0 unspecified atom stereocenters. The summed E-state index contributed by atoms with van der Waals surface area (Å²) in [5, 5.41) is 10.5. The van der Waals surface area contributed by atoms with E-state index in [0.717, 1.165) is 22.0 Å². The minimum Gasteiger partial charge on any atom is -0.310 e. The lowest BCUT2D eigenvalue weighted by Gasteiger charge is -2.13. The summed E-state index contributed by atoms with van der Waals surface area (Å²) in [5.74, 6) is 1.11. The molecule has 0 bridgehead atoms. The minimum absolute atomic E-state index is 0.141. The van der Waals surface area contributed by atoms with Gasteiger partial charge >= 0.3 is 0 Å². The lowest BCUT2D eigenvalue weighted by molar-refractivity contribution is -0.115. The molecule has 0 saturated carbocycles. The third-order valence-corrected chi connectivity index (χ3v) is 5.47. The Hall–Kier alpha value is -3.32. The van der Waals surface area contributed by atoms with Gasteiger partial charge < -0.3 is 5.32 Å². The zero-order chi connectivity index (χ0) is 21.1. The largest absolute Gasteiger partial charge is 0.310 e. The van der Waals surface area contributed by atoms with Crippen molar-refractivity contribution in [1.29, 1.82) is 0 Å². The number of pyridine rings is 1. The first-order chi connectivity index (χ1) is 14.4. The van der Waals surface area contributed by atoms with Crippen molar-refractivity contribution in [2.24, 2.45) is 0 Å². The summed E-state index contributed by atoms with van der Waals surface area (Å²) >= 11 is 1.54. The van der Waals surface area contributed by atoms with Crippen LogP contribution in [0.25, 0.3) is 16.4 Å². The molecular formula is C23H23N5OS. The third-order valence-electron chi connectivity index (χ3n) is 4.53. The average Bonchev–Trinajstić information content (AvgIpc) is 3.36. The van der Waals surface area contributed by atoms with Gasteiger partial charge in [0.05, 0.1) is 17.8 Å². The maximum Gasteiger partial charge on any atom is 0.231 e. The van der Waals surface area contributed by atoms with Gasteiger partial charge in [0, 0.05) is 28.6 Å². The molecule has 4 aromatic rings. The summed E-state index contributed by atoms with van der Waals surface area (Å²) in [6.07, 6.45) is 1.90. The Morgan fingerprint density at radius 2 is 1.87 bits per heavy atom. The van der Waals surface area contributed by atoms with Crippen molar-refractivity contribution in [2.75, 3.05) is 5.32 Å². The highest BCUT2D eigenvalue weighted by molar-refractivity contribution is 7.13. The second-order valence-corrected chi connectivity index (χ2v) is 8.86. The number of nitrogens with one attached hydrogen (secondary N) is 1. The van der Waals surface area contributed by atoms with Crippen LogP contribution in [0.3, 0.4) is 0 Å². The molecular weight excluding hydrogens is 394 g/mol. The van der Waals surface area contributed by atoms with Crippen molar-refractivity contribution in [3.63, 3.8) is 0 Å². The van der Waals surface area contributed by atoms with Gasteiger partial charge in [0.2, 0.25) is 5.91 Å². The molecule has 0 atom stereocenters. The van der Waals surface area contributed by atoms with Gasteiger partial charge in [0.15, 0.2) is 5.82 Å². The summed E-state index contributed by atoms with van der Waals surface area (Å²) in [5.41, 5.74) is 2.52. The number of carbonyl (C=O) groups excluding carboxylic acids is 1. The molecule has 0 spiro atoms. The molecule has 0 aliphatic rings. The summed E-state index contributed by atoms with van der Waals surface area (Å²) < 4.78 is 1.68. The van der Waals surface area contributed by atoms with E-state index in [1.807, 2.05) is 60.0 Å². The van der Waals surface area contributed by atoms with Crippen LogP contribution >= 0.6 is 11.3 Å². The highest BCUT2D eigenvalue weighted by atomic mass is 32.1. The molecule has 1 N–H and O–H groups in total. The van der Waals surface area contributed by atoms with Crippen molar-refractivity contribution < 1.29 is 4.79 Å². The van der Waals surface area contributed by atoms with Crippen molar-refractivity contribution in [3.05, 3.63) is 77.6 Å². The van der Waals surface area contributed by atoms with Crippen molar-refractivity contribution in [1.82, 2.24) is 19.7 Å². The van der Waals surface area contributed by atoms with E-state index in [9.17, 15) is 4.79 Å². The molecule has 0 fully saturated rings. The average molecular weight is 418 g/mol. The number of hydrogen-bond acceptors (Lipinski definition) is 5. The predicted octanol–water partition coefficient (Wildman–Crippen LogP) is 4.87. The second kappa shape index (κ2) is 8.20. The van der Waals surface area contributed by atoms with Gasteiger partial charge in [-0.3, -0.25) is 4.79 Å². The van der Waals surface area contributed by atoms with Crippen molar-refractivity contribution in [2.45, 2.75) is 32.6 Å². The standard InChI is InChI=1S/C23H23N5OS/c1-23(2,3)18-14-20(28(27-18)19-11-7-8-12-24-19)26-21(29)13-17-15-30-22(25-17)16-9-5-4-6-10-16/h4-12,14-15H,13H2,1-3H3,(H,26,29). The van der Waals surface area contributed by atoms with E-state index in [2.05, 4.69) is 41.2 Å². The number of carbonyl (C=O) groups is 1. The summed E-state index contributed by atoms with van der Waals surface area (Å²) in [6, 6.07) is 17.5. The van der Waals surface area contributed by atoms with Gasteiger partial charge in [-0.05, 0) is 12.1 Å². The van der Waals surface area contributed by atoms with E-state index in [1.54, 1.807) is 10.9 Å². The molecule has 4 rings (SSSR count). The molecule has 3 aromatic heterocycles. The number of nitrogens with zero attached hydrogens (tertiary/aromatic N) is 4. The predicted molar refractivity (Wildman–Crippen MR) is 120 cm³/mol. The fourth-order valence-corrected chi connectivity index (χ4v) is 3.77. The van der Waals surface area contributed by atoms with E-state index in [4.69, 9.17) is 0 Å². The monoisotopic (exact) mass is 417 g/mol. The Morgan fingerprint density at radius 3 is 2.57 bits per heavy atom. The lowest BCUT2D eigenvalue weighted by Crippen LogP contribution is -2.17. The summed E-state index contributed by atoms with van der Waals surface area (Å²) in [6.45, 7) is 6.26. The van der Waals surface area contributed by atoms with Crippen LogP contribution in [0, 0.1) is 0 Å². The topological polar surface area (TPSA) is 72.7 Å². The quantitative estimate of drug-likeness (QED) is 0.503. The molecule has 30 heavy (non-hydrogen) atoms. The van der Waals surface area contributed by atoms with E-state index < -0.39 is 0 Å². The molecule has 0 saturated heterocycles. The number of hydrogen-bond donors (Lipinski definition) is 1. The number of benzene rings is 1. The van der Waals surface area contributed by atoms with Crippen LogP contribution in [0.5, 0.6) is 0 Å². The molecule has 6 nitrogen and oxygen atoms in total. The second-order valence-electron chi connectivity index (χ2n) is 8.00. The number of rotatable bonds is 5. The zero-order valence-electron chi connectivity index (χ0n) is 17.2. The van der Waals surface area contributed by atoms with Crippen molar-refractivity contribution in [3.8, 4) is 16.4 Å². The van der Waals surface area contributed by atoms with Crippen molar-refractivity contribution >= 4 is 23.1 Å². The van der Waals surface area contributed by atoms with Crippen LogP contribution in [0.4, 0.5) is 5.82 Å². The first-order valence-electron chi connectivity index (χ1n) is 9.72. The van der Waals surface area contributed by atoms with Crippen LogP contribution in [-0.2, 0) is 16.6 Å². The van der Waals surface area contributed by atoms with Gasteiger partial charge in [-0.15, -0.1) is 11.3 Å². The van der Waals surface area contributed by atoms with Gasteiger partial charge in [-0.25, -0.2) is 9.97 Å². The van der Waals surface area contributed by atoms with E-state index in [-0.39, 0.29) is 17.7 Å². The molecule has 0 aliphatic heterocycles. The van der Waals surface area contributed by atoms with Gasteiger partial charge in [0.1, 0.15) is 10.8 Å². The van der Waals surface area contributed by atoms with Crippen LogP contribution in [0.1, 0.15) is 32.2 Å².